The van der Waals surface area contributed by atoms with Gasteiger partial charge >= 0.3 is 6.18 Å². The van der Waals surface area contributed by atoms with E-state index in [4.69, 9.17) is 10.5 Å². The Morgan fingerprint density at radius 3 is 2.36 bits per heavy atom. The summed E-state index contributed by atoms with van der Waals surface area (Å²) < 4.78 is 43.0. The molecule has 2 aromatic carbocycles. The Hall–Kier alpha value is -3.03. The molecule has 0 unspecified atom stereocenters. The molecule has 8 heteroatoms. The van der Waals surface area contributed by atoms with Crippen molar-refractivity contribution in [2.24, 2.45) is 5.73 Å². The second-order valence-corrected chi connectivity index (χ2v) is 5.16. The number of ether oxygens (including phenoxy) is 1. The maximum atomic E-state index is 12.7. The van der Waals surface area contributed by atoms with Gasteiger partial charge in [-0.3, -0.25) is 9.59 Å². The van der Waals surface area contributed by atoms with Gasteiger partial charge in [-0.1, -0.05) is 12.1 Å². The Balaban J connectivity index is 1.95. The van der Waals surface area contributed by atoms with E-state index < -0.39 is 23.6 Å². The van der Waals surface area contributed by atoms with Gasteiger partial charge in [0.05, 0.1) is 5.56 Å². The van der Waals surface area contributed by atoms with Crippen molar-refractivity contribution in [3.05, 3.63) is 65.2 Å². The highest BCUT2D eigenvalue weighted by molar-refractivity contribution is 5.94. The molecule has 5 nitrogen and oxygen atoms in total. The summed E-state index contributed by atoms with van der Waals surface area (Å²) in [4.78, 5) is 22.6. The lowest BCUT2D eigenvalue weighted by Crippen LogP contribution is -2.23. The Labute approximate surface area is 141 Å². The number of primary amides is 1. The largest absolute Gasteiger partial charge is 0.484 e. The van der Waals surface area contributed by atoms with Crippen molar-refractivity contribution in [2.75, 3.05) is 6.61 Å². The molecule has 0 bridgehead atoms. The van der Waals surface area contributed by atoms with Crippen LogP contribution in [0.4, 0.5) is 13.2 Å². The van der Waals surface area contributed by atoms with Crippen molar-refractivity contribution in [3.8, 4) is 5.75 Å². The molecule has 0 fully saturated rings. The van der Waals surface area contributed by atoms with E-state index in [0.717, 1.165) is 12.1 Å². The molecule has 0 aliphatic heterocycles. The van der Waals surface area contributed by atoms with Crippen LogP contribution >= 0.6 is 0 Å². The fourth-order valence-electron chi connectivity index (χ4n) is 2.00. The monoisotopic (exact) mass is 352 g/mol. The SMILES string of the molecule is NC(=O)COc1ccc(C(=O)NCc2cccc(C(F)(F)F)c2)cc1. The third-order valence-electron chi connectivity index (χ3n) is 3.20. The zero-order valence-corrected chi connectivity index (χ0v) is 13.0. The molecular weight excluding hydrogens is 337 g/mol. The maximum Gasteiger partial charge on any atom is 0.416 e. The Kier molecular flexibility index (Phi) is 5.63. The molecule has 0 saturated heterocycles. The topological polar surface area (TPSA) is 81.4 Å². The molecule has 25 heavy (non-hydrogen) atoms. The molecule has 0 aliphatic carbocycles. The van der Waals surface area contributed by atoms with Crippen molar-refractivity contribution in [1.29, 1.82) is 0 Å². The molecule has 0 saturated carbocycles. The third-order valence-corrected chi connectivity index (χ3v) is 3.20. The first-order chi connectivity index (χ1) is 11.8. The second-order valence-electron chi connectivity index (χ2n) is 5.16. The van der Waals surface area contributed by atoms with E-state index in [1.54, 1.807) is 0 Å². The number of alkyl halides is 3. The van der Waals surface area contributed by atoms with E-state index in [-0.39, 0.29) is 13.2 Å². The average molecular weight is 352 g/mol. The van der Waals surface area contributed by atoms with Crippen LogP contribution in [0.3, 0.4) is 0 Å². The molecular formula is C17H15F3N2O3. The molecule has 132 valence electrons. The van der Waals surface area contributed by atoms with E-state index in [1.807, 2.05) is 0 Å². The van der Waals surface area contributed by atoms with E-state index in [2.05, 4.69) is 5.32 Å². The van der Waals surface area contributed by atoms with Crippen LogP contribution in [0.25, 0.3) is 0 Å². The van der Waals surface area contributed by atoms with Crippen LogP contribution in [-0.4, -0.2) is 18.4 Å². The lowest BCUT2D eigenvalue weighted by molar-refractivity contribution is -0.137. The van der Waals surface area contributed by atoms with Crippen LogP contribution in [0.2, 0.25) is 0 Å². The molecule has 2 amide bonds. The molecule has 0 atom stereocenters. The van der Waals surface area contributed by atoms with E-state index >= 15 is 0 Å². The highest BCUT2D eigenvalue weighted by Gasteiger charge is 2.30. The first-order valence-electron chi connectivity index (χ1n) is 7.21. The fourth-order valence-corrected chi connectivity index (χ4v) is 2.00. The van der Waals surface area contributed by atoms with Crippen molar-refractivity contribution in [3.63, 3.8) is 0 Å². The highest BCUT2D eigenvalue weighted by atomic mass is 19.4. The zero-order valence-electron chi connectivity index (χ0n) is 13.0. The number of amides is 2. The van der Waals surface area contributed by atoms with Crippen LogP contribution in [0.5, 0.6) is 5.75 Å². The molecule has 0 aromatic heterocycles. The van der Waals surface area contributed by atoms with Gasteiger partial charge in [0, 0.05) is 12.1 Å². The normalized spacial score (nSPS) is 11.0. The van der Waals surface area contributed by atoms with Crippen LogP contribution in [0, 0.1) is 0 Å². The summed E-state index contributed by atoms with van der Waals surface area (Å²) in [6.45, 7) is -0.316. The predicted octanol–water partition coefficient (Wildman–Crippen LogP) is 2.50. The van der Waals surface area contributed by atoms with Crippen LogP contribution < -0.4 is 15.8 Å². The smallest absolute Gasteiger partial charge is 0.416 e. The van der Waals surface area contributed by atoms with Gasteiger partial charge in [-0.2, -0.15) is 13.2 Å². The Morgan fingerprint density at radius 2 is 1.76 bits per heavy atom. The maximum absolute atomic E-state index is 12.7. The average Bonchev–Trinajstić information content (AvgIpc) is 2.58. The molecule has 0 heterocycles. The van der Waals surface area contributed by atoms with Gasteiger partial charge in [0.25, 0.3) is 11.8 Å². The van der Waals surface area contributed by atoms with Gasteiger partial charge in [0.2, 0.25) is 0 Å². The standard InChI is InChI=1S/C17H15F3N2O3/c18-17(19,20)13-3-1-2-11(8-13)9-22-16(24)12-4-6-14(7-5-12)25-10-15(21)23/h1-8H,9-10H2,(H2,21,23)(H,22,24). The minimum atomic E-state index is -4.43. The number of halogens is 3. The lowest BCUT2D eigenvalue weighted by Gasteiger charge is -2.10. The van der Waals surface area contributed by atoms with Gasteiger partial charge in [0.15, 0.2) is 6.61 Å². The summed E-state index contributed by atoms with van der Waals surface area (Å²) in [6.07, 6.45) is -4.43. The number of nitrogens with one attached hydrogen (secondary N) is 1. The predicted molar refractivity (Wildman–Crippen MR) is 83.7 cm³/mol. The zero-order chi connectivity index (χ0) is 18.4. The molecule has 0 radical (unpaired) electrons. The van der Waals surface area contributed by atoms with Crippen molar-refractivity contribution >= 4 is 11.8 Å². The van der Waals surface area contributed by atoms with Crippen molar-refractivity contribution < 1.29 is 27.5 Å². The summed E-state index contributed by atoms with van der Waals surface area (Å²) in [5, 5.41) is 2.54. The highest BCUT2D eigenvalue weighted by Crippen LogP contribution is 2.29. The first-order valence-corrected chi connectivity index (χ1v) is 7.21. The van der Waals surface area contributed by atoms with Gasteiger partial charge in [-0.05, 0) is 42.0 Å². The summed E-state index contributed by atoms with van der Waals surface area (Å²) in [5.41, 5.74) is 4.83. The number of nitrogens with two attached hydrogens (primary N) is 1. The van der Waals surface area contributed by atoms with Gasteiger partial charge in [-0.25, -0.2) is 0 Å². The van der Waals surface area contributed by atoms with Crippen LogP contribution in [0.1, 0.15) is 21.5 Å². The fraction of sp³-hybridized carbons (Fsp3) is 0.176. The third kappa shape index (κ3) is 5.52. The minimum Gasteiger partial charge on any atom is -0.484 e. The summed E-state index contributed by atoms with van der Waals surface area (Å²) in [6, 6.07) is 10.7. The molecule has 0 spiro atoms. The summed E-state index contributed by atoms with van der Waals surface area (Å²) in [5.74, 6) is -0.699. The first kappa shape index (κ1) is 18.3. The number of carbonyl (C=O) groups excluding carboxylic acids is 2. The Morgan fingerprint density at radius 1 is 1.08 bits per heavy atom. The van der Waals surface area contributed by atoms with E-state index in [1.165, 1.54) is 36.4 Å². The molecule has 2 rings (SSSR count). The van der Waals surface area contributed by atoms with E-state index in [0.29, 0.717) is 16.9 Å². The second kappa shape index (κ2) is 7.69. The molecule has 2 aromatic rings. The summed E-state index contributed by atoms with van der Waals surface area (Å²) in [7, 11) is 0. The van der Waals surface area contributed by atoms with Crippen LogP contribution in [-0.2, 0) is 17.5 Å². The molecule has 0 aliphatic rings. The van der Waals surface area contributed by atoms with Gasteiger partial charge in [0.1, 0.15) is 5.75 Å². The number of rotatable bonds is 6. The quantitative estimate of drug-likeness (QED) is 0.838. The Bertz CT molecular complexity index is 758. The van der Waals surface area contributed by atoms with Gasteiger partial charge in [-0.15, -0.1) is 0 Å². The number of carbonyl (C=O) groups is 2. The molecule has 3 N–H and O–H groups in total. The van der Waals surface area contributed by atoms with Crippen molar-refractivity contribution in [2.45, 2.75) is 12.7 Å². The number of hydrogen-bond donors (Lipinski definition) is 2. The van der Waals surface area contributed by atoms with E-state index in [9.17, 15) is 22.8 Å². The number of benzene rings is 2. The van der Waals surface area contributed by atoms with Crippen molar-refractivity contribution in [1.82, 2.24) is 5.32 Å². The lowest BCUT2D eigenvalue weighted by atomic mass is 10.1. The minimum absolute atomic E-state index is 0.0390. The van der Waals surface area contributed by atoms with Gasteiger partial charge < -0.3 is 15.8 Å². The summed E-state index contributed by atoms with van der Waals surface area (Å²) >= 11 is 0. The van der Waals surface area contributed by atoms with Crippen LogP contribution in [0.15, 0.2) is 48.5 Å². The number of hydrogen-bond acceptors (Lipinski definition) is 3.